The lowest BCUT2D eigenvalue weighted by Gasteiger charge is -2.22. The monoisotopic (exact) mass is 561 g/mol. The van der Waals surface area contributed by atoms with Crippen LogP contribution in [0, 0.1) is 6.92 Å². The number of hydrogen-bond acceptors (Lipinski definition) is 7. The largest absolute Gasteiger partial charge is 0.408 e. The van der Waals surface area contributed by atoms with E-state index in [2.05, 4.69) is 20.6 Å². The van der Waals surface area contributed by atoms with Gasteiger partial charge in [-0.15, -0.1) is 11.3 Å². The van der Waals surface area contributed by atoms with Crippen molar-refractivity contribution in [1.82, 2.24) is 20.2 Å². The lowest BCUT2D eigenvalue weighted by Crippen LogP contribution is -2.39. The number of nitrogens with one attached hydrogen (secondary N) is 2. The van der Waals surface area contributed by atoms with Gasteiger partial charge >= 0.3 is 6.18 Å². The first-order valence-corrected chi connectivity index (χ1v) is 13.0. The quantitative estimate of drug-likeness (QED) is 0.499. The predicted molar refractivity (Wildman–Crippen MR) is 131 cm³/mol. The van der Waals surface area contributed by atoms with Crippen LogP contribution in [0.5, 0.6) is 0 Å². The van der Waals surface area contributed by atoms with Gasteiger partial charge < -0.3 is 20.3 Å². The number of likely N-dealkylation sites (tertiary alicyclic amines) is 1. The summed E-state index contributed by atoms with van der Waals surface area (Å²) in [7, 11) is 0. The zero-order valence-electron chi connectivity index (χ0n) is 21.0. The minimum atomic E-state index is -4.48. The second-order valence-electron chi connectivity index (χ2n) is 9.69. The fourth-order valence-corrected chi connectivity index (χ4v) is 5.47. The minimum absolute atomic E-state index is 0.0271. The number of anilines is 1. The van der Waals surface area contributed by atoms with Gasteiger partial charge in [-0.3, -0.25) is 9.59 Å². The number of hydrogen-bond donors (Lipinski definition) is 2. The summed E-state index contributed by atoms with van der Waals surface area (Å²) in [4.78, 5) is 36.0. The van der Waals surface area contributed by atoms with Crippen LogP contribution in [0.3, 0.4) is 0 Å². The highest BCUT2D eigenvalue weighted by atomic mass is 32.1. The molecule has 0 saturated carbocycles. The van der Waals surface area contributed by atoms with Crippen LogP contribution >= 0.6 is 11.3 Å². The summed E-state index contributed by atoms with van der Waals surface area (Å²) < 4.78 is 72.3. The van der Waals surface area contributed by atoms with E-state index in [0.29, 0.717) is 37.2 Å². The summed E-state index contributed by atoms with van der Waals surface area (Å²) in [6, 6.07) is -1.34. The Morgan fingerprint density at radius 1 is 1.26 bits per heavy atom. The third-order valence-electron chi connectivity index (χ3n) is 6.58. The van der Waals surface area contributed by atoms with Crippen molar-refractivity contribution >= 4 is 29.0 Å². The molecule has 2 saturated heterocycles. The van der Waals surface area contributed by atoms with Gasteiger partial charge in [-0.2, -0.15) is 13.2 Å². The molecule has 2 aromatic rings. The number of aryl methyl sites for hydroxylation is 1. The van der Waals surface area contributed by atoms with E-state index in [9.17, 15) is 31.5 Å². The fourth-order valence-electron chi connectivity index (χ4n) is 4.43. The van der Waals surface area contributed by atoms with Gasteiger partial charge in [0.1, 0.15) is 17.6 Å². The smallest absolute Gasteiger partial charge is 0.381 e. The average Bonchev–Trinajstić information content (AvgIpc) is 3.39. The Labute approximate surface area is 220 Å². The molecule has 0 aliphatic carbocycles. The molecule has 0 spiro atoms. The van der Waals surface area contributed by atoms with Crippen molar-refractivity contribution in [2.45, 2.75) is 70.3 Å². The highest BCUT2D eigenvalue weighted by Crippen LogP contribution is 2.38. The number of alkyl halides is 5. The molecular weight excluding hydrogens is 533 g/mol. The van der Waals surface area contributed by atoms with Gasteiger partial charge in [0.2, 0.25) is 0 Å². The molecule has 0 unspecified atom stereocenters. The standard InChI is InChI=1S/C24H28F5N5O3S/c1-12-8-17(31-14(3)24(27,28)29)30-10-16(12)19-18(22(36)34-11-23(25,26)9-13(34)2)33-21(38-19)20(35)32-15-4-6-37-7-5-15/h8,10,13-15H,4-7,9,11H2,1-3H3,(H,30,31)(H,32,35)/t13-,14-/m0/s1. The van der Waals surface area contributed by atoms with Gasteiger partial charge in [0, 0.05) is 43.5 Å². The molecule has 38 heavy (non-hydrogen) atoms. The molecule has 0 bridgehead atoms. The molecule has 208 valence electrons. The van der Waals surface area contributed by atoms with Crippen molar-refractivity contribution in [2.24, 2.45) is 0 Å². The Morgan fingerprint density at radius 2 is 1.95 bits per heavy atom. The maximum atomic E-state index is 14.1. The fraction of sp³-hybridized carbons (Fsp3) is 0.583. The van der Waals surface area contributed by atoms with Crippen LogP contribution in [0.25, 0.3) is 10.4 Å². The van der Waals surface area contributed by atoms with Crippen LogP contribution in [0.2, 0.25) is 0 Å². The number of thiazole rings is 1. The van der Waals surface area contributed by atoms with E-state index >= 15 is 0 Å². The molecule has 4 heterocycles. The van der Waals surface area contributed by atoms with Crippen LogP contribution in [-0.4, -0.2) is 76.7 Å². The Balaban J connectivity index is 1.68. The predicted octanol–water partition coefficient (Wildman–Crippen LogP) is 4.65. The van der Waals surface area contributed by atoms with Crippen molar-refractivity contribution < 1.29 is 36.3 Å². The van der Waals surface area contributed by atoms with Crippen LogP contribution in [0.15, 0.2) is 12.3 Å². The first kappa shape index (κ1) is 28.1. The van der Waals surface area contributed by atoms with Crippen LogP contribution in [-0.2, 0) is 4.74 Å². The van der Waals surface area contributed by atoms with Gasteiger partial charge in [-0.25, -0.2) is 18.7 Å². The number of pyridine rings is 1. The zero-order chi connectivity index (χ0) is 27.8. The van der Waals surface area contributed by atoms with E-state index < -0.39 is 49.0 Å². The Bertz CT molecular complexity index is 1200. The summed E-state index contributed by atoms with van der Waals surface area (Å²) in [5.41, 5.74) is 0.650. The Morgan fingerprint density at radius 3 is 2.53 bits per heavy atom. The maximum Gasteiger partial charge on any atom is 0.408 e. The summed E-state index contributed by atoms with van der Waals surface area (Å²) in [5.74, 6) is -4.34. The Hall–Kier alpha value is -2.87. The number of ether oxygens (including phenoxy) is 1. The number of amides is 2. The molecule has 8 nitrogen and oxygen atoms in total. The number of halogens is 5. The second kappa shape index (κ2) is 10.7. The van der Waals surface area contributed by atoms with Gasteiger partial charge in [-0.1, -0.05) is 0 Å². The molecular formula is C24H28F5N5O3S. The first-order valence-electron chi connectivity index (χ1n) is 12.1. The van der Waals surface area contributed by atoms with E-state index in [0.717, 1.165) is 23.2 Å². The van der Waals surface area contributed by atoms with Crippen molar-refractivity contribution in [3.05, 3.63) is 28.5 Å². The lowest BCUT2D eigenvalue weighted by molar-refractivity contribution is -0.138. The topological polar surface area (TPSA) is 96.5 Å². The molecule has 4 rings (SSSR count). The molecule has 2 atom stereocenters. The van der Waals surface area contributed by atoms with Crippen LogP contribution < -0.4 is 10.6 Å². The molecule has 2 aliphatic rings. The summed E-state index contributed by atoms with van der Waals surface area (Å²) >= 11 is 0.906. The number of aromatic nitrogens is 2. The summed E-state index contributed by atoms with van der Waals surface area (Å²) in [6.07, 6.45) is -2.46. The van der Waals surface area contributed by atoms with E-state index in [1.54, 1.807) is 6.92 Å². The highest BCUT2D eigenvalue weighted by molar-refractivity contribution is 7.17. The molecule has 2 aromatic heterocycles. The summed E-state index contributed by atoms with van der Waals surface area (Å²) in [6.45, 7) is 4.31. The van der Waals surface area contributed by atoms with Crippen LogP contribution in [0.1, 0.15) is 59.0 Å². The summed E-state index contributed by atoms with van der Waals surface area (Å²) in [5, 5.41) is 5.13. The third-order valence-corrected chi connectivity index (χ3v) is 7.67. The van der Waals surface area contributed by atoms with Crippen LogP contribution in [0.4, 0.5) is 27.8 Å². The first-order chi connectivity index (χ1) is 17.7. The van der Waals surface area contributed by atoms with Crippen molar-refractivity contribution in [3.63, 3.8) is 0 Å². The lowest BCUT2D eigenvalue weighted by atomic mass is 10.1. The normalized spacial score (nSPS) is 20.8. The van der Waals surface area contributed by atoms with Gasteiger partial charge in [0.15, 0.2) is 5.01 Å². The van der Waals surface area contributed by atoms with E-state index in [4.69, 9.17) is 4.74 Å². The Kier molecular flexibility index (Phi) is 7.94. The number of rotatable bonds is 6. The molecule has 14 heteroatoms. The maximum absolute atomic E-state index is 14.1. The second-order valence-corrected chi connectivity index (χ2v) is 10.7. The number of carbonyl (C=O) groups excluding carboxylic acids is 2. The van der Waals surface area contributed by atoms with Crippen molar-refractivity contribution in [1.29, 1.82) is 0 Å². The molecule has 2 fully saturated rings. The molecule has 2 N–H and O–H groups in total. The molecule has 0 aromatic carbocycles. The molecule has 2 aliphatic heterocycles. The van der Waals surface area contributed by atoms with Gasteiger partial charge in [-0.05, 0) is 45.2 Å². The number of carbonyl (C=O) groups is 2. The molecule has 0 radical (unpaired) electrons. The van der Waals surface area contributed by atoms with Gasteiger partial charge in [0.05, 0.1) is 11.4 Å². The minimum Gasteiger partial charge on any atom is -0.381 e. The van der Waals surface area contributed by atoms with Crippen molar-refractivity contribution in [2.75, 3.05) is 25.1 Å². The molecule has 2 amide bonds. The highest BCUT2D eigenvalue weighted by Gasteiger charge is 2.46. The van der Waals surface area contributed by atoms with Crippen molar-refractivity contribution in [3.8, 4) is 10.4 Å². The van der Waals surface area contributed by atoms with E-state index in [1.165, 1.54) is 19.2 Å². The third kappa shape index (κ3) is 6.22. The SMILES string of the molecule is Cc1cc(N[C@@H](C)C(F)(F)F)ncc1-c1sc(C(=O)NC2CCOCC2)nc1C(=O)N1CC(F)(F)C[C@@H]1C. The van der Waals surface area contributed by atoms with Gasteiger partial charge in [0.25, 0.3) is 17.7 Å². The zero-order valence-corrected chi connectivity index (χ0v) is 21.8. The van der Waals surface area contributed by atoms with E-state index in [1.807, 2.05) is 0 Å². The number of nitrogens with zero attached hydrogens (tertiary/aromatic N) is 3. The average molecular weight is 562 g/mol. The van der Waals surface area contributed by atoms with E-state index in [-0.39, 0.29) is 27.4 Å².